The zero-order valence-corrected chi connectivity index (χ0v) is 15.7. The quantitative estimate of drug-likeness (QED) is 0.756. The molecule has 3 N–H and O–H groups in total. The molecule has 6 nitrogen and oxygen atoms in total. The molecular weight excluding hydrogens is 352 g/mol. The summed E-state index contributed by atoms with van der Waals surface area (Å²) in [6.07, 6.45) is 4.26. The van der Waals surface area contributed by atoms with Gasteiger partial charge in [0.25, 0.3) is 5.91 Å². The number of likely N-dealkylation sites (tertiary alicyclic amines) is 1. The molecule has 0 radical (unpaired) electrons. The van der Waals surface area contributed by atoms with Gasteiger partial charge in [-0.2, -0.15) is 0 Å². The van der Waals surface area contributed by atoms with Crippen molar-refractivity contribution in [3.8, 4) is 0 Å². The molecule has 142 valence electrons. The number of amides is 3. The Morgan fingerprint density at radius 1 is 1.04 bits per heavy atom. The average Bonchev–Trinajstić information content (AvgIpc) is 3.35. The molecule has 3 fully saturated rings. The van der Waals surface area contributed by atoms with Gasteiger partial charge in [-0.25, -0.2) is 4.79 Å². The van der Waals surface area contributed by atoms with Crippen molar-refractivity contribution >= 4 is 30.0 Å². The summed E-state index contributed by atoms with van der Waals surface area (Å²) in [5.74, 6) is 1.48. The van der Waals surface area contributed by atoms with Gasteiger partial charge < -0.3 is 20.9 Å². The summed E-state index contributed by atoms with van der Waals surface area (Å²) in [6.45, 7) is 3.81. The third-order valence-electron chi connectivity index (χ3n) is 5.59. The first-order chi connectivity index (χ1) is 12.2. The number of anilines is 1. The van der Waals surface area contributed by atoms with Crippen molar-refractivity contribution in [2.24, 2.45) is 11.8 Å². The molecule has 4 rings (SSSR count). The molecule has 3 amide bonds. The van der Waals surface area contributed by atoms with Crippen LogP contribution < -0.4 is 16.0 Å². The molecule has 2 atom stereocenters. The van der Waals surface area contributed by atoms with Gasteiger partial charge in [-0.3, -0.25) is 4.79 Å². The maximum atomic E-state index is 12.9. The largest absolute Gasteiger partial charge is 0.339 e. The van der Waals surface area contributed by atoms with E-state index in [2.05, 4.69) is 16.0 Å². The van der Waals surface area contributed by atoms with Crippen LogP contribution in [0.1, 0.15) is 36.0 Å². The second-order valence-electron chi connectivity index (χ2n) is 7.50. The first-order valence-electron chi connectivity index (χ1n) is 9.36. The Labute approximate surface area is 160 Å². The van der Waals surface area contributed by atoms with Crippen LogP contribution in [0.4, 0.5) is 10.5 Å². The van der Waals surface area contributed by atoms with E-state index in [1.165, 1.54) is 0 Å². The van der Waals surface area contributed by atoms with E-state index in [9.17, 15) is 9.59 Å². The molecule has 1 saturated carbocycles. The molecule has 7 heteroatoms. The first kappa shape index (κ1) is 19.0. The minimum atomic E-state index is -0.192. The van der Waals surface area contributed by atoms with E-state index >= 15 is 0 Å². The summed E-state index contributed by atoms with van der Waals surface area (Å²) in [4.78, 5) is 26.7. The van der Waals surface area contributed by atoms with Crippen molar-refractivity contribution in [3.63, 3.8) is 0 Å². The maximum absolute atomic E-state index is 12.9. The van der Waals surface area contributed by atoms with Crippen molar-refractivity contribution in [2.75, 3.05) is 31.5 Å². The highest BCUT2D eigenvalue weighted by Gasteiger charge is 2.31. The Kier molecular flexibility index (Phi) is 6.04. The Morgan fingerprint density at radius 2 is 1.73 bits per heavy atom. The second kappa shape index (κ2) is 8.27. The van der Waals surface area contributed by atoms with Crippen molar-refractivity contribution in [1.29, 1.82) is 0 Å². The number of benzene rings is 1. The highest BCUT2D eigenvalue weighted by molar-refractivity contribution is 5.97. The van der Waals surface area contributed by atoms with Crippen LogP contribution >= 0.6 is 12.4 Å². The van der Waals surface area contributed by atoms with E-state index in [1.807, 2.05) is 23.1 Å². The Hall–Kier alpha value is -1.79. The van der Waals surface area contributed by atoms with Crippen LogP contribution in [-0.2, 0) is 0 Å². The van der Waals surface area contributed by atoms with Crippen LogP contribution in [0.5, 0.6) is 0 Å². The number of carbonyl (C=O) groups is 2. The number of rotatable bonds is 3. The lowest BCUT2D eigenvalue weighted by Gasteiger charge is -2.21. The molecule has 0 unspecified atom stereocenters. The lowest BCUT2D eigenvalue weighted by Crippen LogP contribution is -2.33. The molecule has 1 aromatic carbocycles. The lowest BCUT2D eigenvalue weighted by atomic mass is 9.92. The second-order valence-corrected chi connectivity index (χ2v) is 7.50. The molecular formula is C19H27ClN4O2. The maximum Gasteiger partial charge on any atom is 0.319 e. The number of carbonyl (C=O) groups excluding carboxylic acids is 2. The van der Waals surface area contributed by atoms with Gasteiger partial charge in [0.2, 0.25) is 0 Å². The van der Waals surface area contributed by atoms with E-state index in [-0.39, 0.29) is 24.3 Å². The zero-order chi connectivity index (χ0) is 17.2. The van der Waals surface area contributed by atoms with Crippen LogP contribution in [0.15, 0.2) is 24.3 Å². The van der Waals surface area contributed by atoms with E-state index < -0.39 is 0 Å². The zero-order valence-electron chi connectivity index (χ0n) is 14.9. The van der Waals surface area contributed by atoms with Gasteiger partial charge in [0, 0.05) is 30.4 Å². The monoisotopic (exact) mass is 378 g/mol. The van der Waals surface area contributed by atoms with Crippen molar-refractivity contribution in [2.45, 2.75) is 31.7 Å². The van der Waals surface area contributed by atoms with Crippen molar-refractivity contribution < 1.29 is 9.59 Å². The van der Waals surface area contributed by atoms with Gasteiger partial charge in [0.05, 0.1) is 0 Å². The minimum absolute atomic E-state index is 0. The van der Waals surface area contributed by atoms with Gasteiger partial charge in [-0.15, -0.1) is 12.4 Å². The van der Waals surface area contributed by atoms with Gasteiger partial charge in [-0.1, -0.05) is 6.07 Å². The van der Waals surface area contributed by atoms with Gasteiger partial charge in [0.1, 0.15) is 0 Å². The fraction of sp³-hybridized carbons (Fsp3) is 0.579. The topological polar surface area (TPSA) is 73.5 Å². The number of hydrogen-bond donors (Lipinski definition) is 3. The fourth-order valence-corrected chi connectivity index (χ4v) is 3.91. The number of fused-ring (bicyclic) bond motifs is 1. The van der Waals surface area contributed by atoms with Gasteiger partial charge in [-0.05, 0) is 68.8 Å². The summed E-state index contributed by atoms with van der Waals surface area (Å²) in [5, 5.41) is 9.18. The Balaban J connectivity index is 0.00000196. The number of nitrogens with one attached hydrogen (secondary N) is 3. The number of halogens is 1. The summed E-state index contributed by atoms with van der Waals surface area (Å²) in [7, 11) is 0. The number of nitrogens with zero attached hydrogens (tertiary/aromatic N) is 1. The van der Waals surface area contributed by atoms with E-state index in [0.29, 0.717) is 29.1 Å². The molecule has 0 spiro atoms. The van der Waals surface area contributed by atoms with Crippen molar-refractivity contribution in [1.82, 2.24) is 15.5 Å². The summed E-state index contributed by atoms with van der Waals surface area (Å²) in [5.41, 5.74) is 1.31. The molecule has 0 bridgehead atoms. The van der Waals surface area contributed by atoms with E-state index in [1.54, 1.807) is 6.07 Å². The average molecular weight is 379 g/mol. The van der Waals surface area contributed by atoms with Crippen LogP contribution in [0, 0.1) is 11.8 Å². The number of urea groups is 1. The van der Waals surface area contributed by atoms with E-state index in [0.717, 1.165) is 51.9 Å². The summed E-state index contributed by atoms with van der Waals surface area (Å²) in [6, 6.07) is 7.39. The third kappa shape index (κ3) is 4.48. The summed E-state index contributed by atoms with van der Waals surface area (Å²) >= 11 is 0. The smallest absolute Gasteiger partial charge is 0.319 e. The molecule has 2 heterocycles. The lowest BCUT2D eigenvalue weighted by molar-refractivity contribution is 0.0758. The standard InChI is InChI=1S/C19H26N4O2.ClH/c24-18(23-8-6-14-11-20-12-15(14)7-9-23)13-2-1-3-17(10-13)22-19(25)21-16-4-5-16;/h1-3,10,14-16,20H,4-9,11-12H2,(H2,21,22,25);1H/t14-,15+;. The first-order valence-corrected chi connectivity index (χ1v) is 9.36. The fourth-order valence-electron chi connectivity index (χ4n) is 3.91. The molecule has 0 aromatic heterocycles. The highest BCUT2D eigenvalue weighted by Crippen LogP contribution is 2.28. The third-order valence-corrected chi connectivity index (χ3v) is 5.59. The molecule has 1 aliphatic carbocycles. The normalized spacial score (nSPS) is 24.8. The van der Waals surface area contributed by atoms with E-state index in [4.69, 9.17) is 0 Å². The van der Waals surface area contributed by atoms with Crippen LogP contribution in [0.3, 0.4) is 0 Å². The predicted octanol–water partition coefficient (Wildman–Crippen LogP) is 2.46. The van der Waals surface area contributed by atoms with Crippen LogP contribution in [-0.4, -0.2) is 49.1 Å². The van der Waals surface area contributed by atoms with Gasteiger partial charge >= 0.3 is 6.03 Å². The number of hydrogen-bond acceptors (Lipinski definition) is 3. The van der Waals surface area contributed by atoms with Crippen LogP contribution in [0.2, 0.25) is 0 Å². The predicted molar refractivity (Wildman–Crippen MR) is 104 cm³/mol. The van der Waals surface area contributed by atoms with Gasteiger partial charge in [0.15, 0.2) is 0 Å². The van der Waals surface area contributed by atoms with Crippen molar-refractivity contribution in [3.05, 3.63) is 29.8 Å². The minimum Gasteiger partial charge on any atom is -0.339 e. The highest BCUT2D eigenvalue weighted by atomic mass is 35.5. The molecule has 2 aliphatic heterocycles. The Bertz CT molecular complexity index is 651. The summed E-state index contributed by atoms with van der Waals surface area (Å²) < 4.78 is 0. The SMILES string of the molecule is Cl.O=C(Nc1cccc(C(=O)N2CC[C@@H]3CNC[C@@H]3CC2)c1)NC1CC1. The molecule has 26 heavy (non-hydrogen) atoms. The molecule has 1 aromatic rings. The van der Waals surface area contributed by atoms with Crippen LogP contribution in [0.25, 0.3) is 0 Å². The molecule has 3 aliphatic rings. The molecule has 2 saturated heterocycles. The Morgan fingerprint density at radius 3 is 2.38 bits per heavy atom.